The number of methoxy groups -OCH3 is 2. The highest BCUT2D eigenvalue weighted by molar-refractivity contribution is 7.99. The van der Waals surface area contributed by atoms with Gasteiger partial charge in [0.1, 0.15) is 16.7 Å². The van der Waals surface area contributed by atoms with Crippen LogP contribution in [0.3, 0.4) is 0 Å². The van der Waals surface area contributed by atoms with Crippen LogP contribution in [-0.2, 0) is 11.3 Å². The lowest BCUT2D eigenvalue weighted by Crippen LogP contribution is -2.36. The highest BCUT2D eigenvalue weighted by Gasteiger charge is 2.33. The molecule has 1 aliphatic heterocycles. The first-order chi connectivity index (χ1) is 13.2. The molecule has 1 amide bonds. The summed E-state index contributed by atoms with van der Waals surface area (Å²) < 4.78 is 17.0. The van der Waals surface area contributed by atoms with Crippen LogP contribution in [0.1, 0.15) is 23.1 Å². The Bertz CT molecular complexity index is 935. The van der Waals surface area contributed by atoms with E-state index >= 15 is 0 Å². The summed E-state index contributed by atoms with van der Waals surface area (Å²) >= 11 is 1.73. The molecule has 2 heterocycles. The van der Waals surface area contributed by atoms with Crippen LogP contribution in [0.2, 0.25) is 0 Å². The van der Waals surface area contributed by atoms with Crippen molar-refractivity contribution in [3.8, 4) is 11.5 Å². The maximum atomic E-state index is 12.8. The molecule has 1 fully saturated rings. The number of carbonyl (C=O) groups is 1. The molecule has 4 rings (SSSR count). The van der Waals surface area contributed by atoms with Gasteiger partial charge in [-0.3, -0.25) is 4.79 Å². The van der Waals surface area contributed by atoms with Crippen LogP contribution in [0.4, 0.5) is 0 Å². The molecule has 5 nitrogen and oxygen atoms in total. The third kappa shape index (κ3) is 3.37. The molecule has 0 bridgehead atoms. The van der Waals surface area contributed by atoms with Crippen molar-refractivity contribution < 1.29 is 18.7 Å². The monoisotopic (exact) mass is 383 g/mol. The van der Waals surface area contributed by atoms with E-state index in [4.69, 9.17) is 13.9 Å². The Morgan fingerprint density at radius 3 is 2.78 bits per heavy atom. The van der Waals surface area contributed by atoms with E-state index < -0.39 is 0 Å². The number of hydrogen-bond donors (Lipinski definition) is 0. The van der Waals surface area contributed by atoms with E-state index in [1.54, 1.807) is 26.0 Å². The lowest BCUT2D eigenvalue weighted by atomic mass is 10.1. The molecule has 3 aromatic rings. The smallest absolute Gasteiger partial charge is 0.224 e. The number of fused-ring (bicyclic) bond motifs is 1. The van der Waals surface area contributed by atoms with Crippen molar-refractivity contribution in [1.82, 2.24) is 4.90 Å². The number of ether oxygens (including phenoxy) is 2. The summed E-state index contributed by atoms with van der Waals surface area (Å²) in [5, 5.41) is 0.889. The predicted molar refractivity (Wildman–Crippen MR) is 106 cm³/mol. The first kappa shape index (κ1) is 17.8. The number of benzene rings is 2. The number of carbonyl (C=O) groups excluding carboxylic acids is 1. The van der Waals surface area contributed by atoms with Gasteiger partial charge >= 0.3 is 0 Å². The van der Waals surface area contributed by atoms with Crippen molar-refractivity contribution >= 4 is 28.6 Å². The highest BCUT2D eigenvalue weighted by atomic mass is 32.2. The van der Waals surface area contributed by atoms with Crippen LogP contribution in [0.15, 0.2) is 52.9 Å². The molecule has 0 saturated carbocycles. The normalized spacial score (nSPS) is 17.3. The van der Waals surface area contributed by atoms with E-state index in [0.717, 1.165) is 28.0 Å². The van der Waals surface area contributed by atoms with Crippen molar-refractivity contribution in [3.63, 3.8) is 0 Å². The predicted octanol–water partition coefficient (Wildman–Crippen LogP) is 4.61. The second-order valence-corrected chi connectivity index (χ2v) is 7.52. The minimum Gasteiger partial charge on any atom is -0.493 e. The van der Waals surface area contributed by atoms with Crippen LogP contribution >= 0.6 is 11.8 Å². The van der Waals surface area contributed by atoms with Crippen molar-refractivity contribution in [1.29, 1.82) is 0 Å². The Kier molecular flexibility index (Phi) is 4.99. The average molecular weight is 383 g/mol. The van der Waals surface area contributed by atoms with Gasteiger partial charge in [0, 0.05) is 23.1 Å². The molecular formula is C21H21NO4S. The maximum absolute atomic E-state index is 12.8. The van der Waals surface area contributed by atoms with E-state index in [1.165, 1.54) is 0 Å². The zero-order valence-electron chi connectivity index (χ0n) is 15.3. The van der Waals surface area contributed by atoms with Gasteiger partial charge in [0.2, 0.25) is 5.91 Å². The third-order valence-electron chi connectivity index (χ3n) is 4.71. The summed E-state index contributed by atoms with van der Waals surface area (Å²) in [7, 11) is 3.23. The molecular weight excluding hydrogens is 362 g/mol. The summed E-state index contributed by atoms with van der Waals surface area (Å²) in [6.45, 7) is 0.438. The standard InChI is InChI=1S/C21H21NO4S/c1-24-17-9-5-7-15(20(17)25-2)13-22-19(23)10-11-27-21(22)18-12-14-6-3-4-8-16(14)26-18/h3-9,12,21H,10-11,13H2,1-2H3. The molecule has 1 aliphatic rings. The van der Waals surface area contributed by atoms with Crippen LogP contribution in [0.25, 0.3) is 11.0 Å². The SMILES string of the molecule is COc1cccc(CN2C(=O)CCSC2c2cc3ccccc3o2)c1OC. The minimum absolute atomic E-state index is 0.115. The summed E-state index contributed by atoms with van der Waals surface area (Å²) in [5.74, 6) is 3.02. The van der Waals surface area contributed by atoms with Gasteiger partial charge in [0.05, 0.1) is 20.8 Å². The minimum atomic E-state index is -0.158. The number of amides is 1. The number of para-hydroxylation sites is 2. The van der Waals surface area contributed by atoms with E-state index in [1.807, 2.05) is 53.4 Å². The quantitative estimate of drug-likeness (QED) is 0.644. The average Bonchev–Trinajstić information content (AvgIpc) is 3.13. The number of furan rings is 1. The summed E-state index contributed by atoms with van der Waals surface area (Å²) in [6.07, 6.45) is 0.522. The Balaban J connectivity index is 1.69. The largest absolute Gasteiger partial charge is 0.493 e. The Hall–Kier alpha value is -2.60. The molecule has 1 aromatic heterocycles. The Labute approximate surface area is 162 Å². The number of rotatable bonds is 5. The van der Waals surface area contributed by atoms with E-state index in [-0.39, 0.29) is 11.3 Å². The molecule has 1 unspecified atom stereocenters. The molecule has 140 valence electrons. The van der Waals surface area contributed by atoms with Crippen molar-refractivity contribution in [2.75, 3.05) is 20.0 Å². The molecule has 2 aromatic carbocycles. The number of nitrogens with zero attached hydrogens (tertiary/aromatic N) is 1. The van der Waals surface area contributed by atoms with E-state index in [0.29, 0.717) is 24.5 Å². The fourth-order valence-corrected chi connectivity index (χ4v) is 4.58. The van der Waals surface area contributed by atoms with Crippen molar-refractivity contribution in [3.05, 3.63) is 59.9 Å². The zero-order chi connectivity index (χ0) is 18.8. The fourth-order valence-electron chi connectivity index (χ4n) is 3.41. The Morgan fingerprint density at radius 1 is 1.15 bits per heavy atom. The van der Waals surface area contributed by atoms with Crippen molar-refractivity contribution in [2.24, 2.45) is 0 Å². The van der Waals surface area contributed by atoms with Crippen LogP contribution in [0.5, 0.6) is 11.5 Å². The molecule has 1 atom stereocenters. The second kappa shape index (κ2) is 7.56. The van der Waals surface area contributed by atoms with E-state index in [9.17, 15) is 4.79 Å². The first-order valence-electron chi connectivity index (χ1n) is 8.80. The van der Waals surface area contributed by atoms with Crippen molar-refractivity contribution in [2.45, 2.75) is 18.3 Å². The van der Waals surface area contributed by atoms with Crippen LogP contribution in [-0.4, -0.2) is 30.8 Å². The topological polar surface area (TPSA) is 51.9 Å². The highest BCUT2D eigenvalue weighted by Crippen LogP contribution is 2.42. The molecule has 0 aliphatic carbocycles. The summed E-state index contributed by atoms with van der Waals surface area (Å²) in [4.78, 5) is 14.6. The van der Waals surface area contributed by atoms with Gasteiger partial charge in [-0.15, -0.1) is 11.8 Å². The van der Waals surface area contributed by atoms with Gasteiger partial charge in [0.15, 0.2) is 11.5 Å². The Morgan fingerprint density at radius 2 is 2.00 bits per heavy atom. The van der Waals surface area contributed by atoms with Gasteiger partial charge in [-0.25, -0.2) is 0 Å². The fraction of sp³-hybridized carbons (Fsp3) is 0.286. The third-order valence-corrected chi connectivity index (χ3v) is 5.95. The van der Waals surface area contributed by atoms with Gasteiger partial charge in [-0.2, -0.15) is 0 Å². The van der Waals surface area contributed by atoms with Gasteiger partial charge in [-0.05, 0) is 18.2 Å². The van der Waals surface area contributed by atoms with E-state index in [2.05, 4.69) is 0 Å². The first-order valence-corrected chi connectivity index (χ1v) is 9.85. The molecule has 6 heteroatoms. The maximum Gasteiger partial charge on any atom is 0.224 e. The van der Waals surface area contributed by atoms with Gasteiger partial charge in [-0.1, -0.05) is 30.3 Å². The zero-order valence-corrected chi connectivity index (χ0v) is 16.1. The number of hydrogen-bond acceptors (Lipinski definition) is 5. The molecule has 0 radical (unpaired) electrons. The lowest BCUT2D eigenvalue weighted by Gasteiger charge is -2.34. The lowest BCUT2D eigenvalue weighted by molar-refractivity contribution is -0.133. The molecule has 27 heavy (non-hydrogen) atoms. The molecule has 0 N–H and O–H groups in total. The summed E-state index contributed by atoms with van der Waals surface area (Å²) in [6, 6.07) is 15.7. The van der Waals surface area contributed by atoms with Crippen LogP contribution < -0.4 is 9.47 Å². The van der Waals surface area contributed by atoms with Gasteiger partial charge in [0.25, 0.3) is 0 Å². The van der Waals surface area contributed by atoms with Crippen LogP contribution in [0, 0.1) is 0 Å². The second-order valence-electron chi connectivity index (χ2n) is 6.33. The number of thioether (sulfide) groups is 1. The molecule has 0 spiro atoms. The van der Waals surface area contributed by atoms with Gasteiger partial charge < -0.3 is 18.8 Å². The molecule has 1 saturated heterocycles. The summed E-state index contributed by atoms with van der Waals surface area (Å²) in [5.41, 5.74) is 1.75.